The number of unbranched alkanes of at least 4 members (excludes halogenated alkanes) is 10. The number of esters is 2. The van der Waals surface area contributed by atoms with E-state index in [0.717, 1.165) is 108 Å². The first-order chi connectivity index (χ1) is 27.0. The fraction of sp³-hybridized carbons (Fsp3) is 0.440. The standard InChI is InChI=1S/C50H68O5/c1-3-5-7-9-11-13-15-17-19-21-23-25-27-29-31-33-49(52)54-47-39-37-44(38-40-47)35-36-45-41-46(51)43-48(42-45)55-50(53)34-32-30-28-26-24-22-20-18-16-14-12-10-8-6-4-2/h5-8,11-14,17-20,35-43,51H,3-4,9-10,15-16,21-34H2,1-2H3/b7-5-,8-6-,13-11-,14-12-,19-17-,20-18-,36-35?. The van der Waals surface area contributed by atoms with E-state index >= 15 is 0 Å². The molecule has 0 bridgehead atoms. The first-order valence-electron chi connectivity index (χ1n) is 20.9. The number of hydrogen-bond acceptors (Lipinski definition) is 5. The van der Waals surface area contributed by atoms with Gasteiger partial charge in [-0.05, 0) is 112 Å². The average molecular weight is 749 g/mol. The molecule has 298 valence electrons. The van der Waals surface area contributed by atoms with Crippen molar-refractivity contribution in [1.29, 1.82) is 0 Å². The van der Waals surface area contributed by atoms with Crippen LogP contribution in [0.3, 0.4) is 0 Å². The maximum Gasteiger partial charge on any atom is 0.311 e. The zero-order valence-electron chi connectivity index (χ0n) is 33.8. The predicted molar refractivity (Wildman–Crippen MR) is 233 cm³/mol. The molecule has 0 amide bonds. The highest BCUT2D eigenvalue weighted by atomic mass is 16.5. The highest BCUT2D eigenvalue weighted by Crippen LogP contribution is 2.25. The van der Waals surface area contributed by atoms with Gasteiger partial charge in [0.1, 0.15) is 17.2 Å². The number of phenols is 1. The van der Waals surface area contributed by atoms with Gasteiger partial charge in [-0.25, -0.2) is 0 Å². The van der Waals surface area contributed by atoms with E-state index in [1.165, 1.54) is 18.9 Å². The molecule has 0 aliphatic carbocycles. The van der Waals surface area contributed by atoms with Crippen molar-refractivity contribution in [2.24, 2.45) is 0 Å². The SMILES string of the molecule is CC/C=C\C/C=C\C/C=C\CCCCCCCC(=O)Oc1ccc(C=Cc2cc(O)cc(OC(=O)CCCCCCC/C=C\C/C=C\C/C=C\CC)c2)cc1. The van der Waals surface area contributed by atoms with Gasteiger partial charge in [-0.1, -0.05) is 150 Å². The molecular weight excluding hydrogens is 681 g/mol. The van der Waals surface area contributed by atoms with Gasteiger partial charge in [-0.15, -0.1) is 0 Å². The molecule has 55 heavy (non-hydrogen) atoms. The zero-order valence-corrected chi connectivity index (χ0v) is 33.8. The Kier molecular flexibility index (Phi) is 27.7. The molecule has 0 saturated heterocycles. The highest BCUT2D eigenvalue weighted by molar-refractivity contribution is 5.75. The third kappa shape index (κ3) is 26.7. The Bertz CT molecular complexity index is 1520. The molecule has 0 saturated carbocycles. The van der Waals surface area contributed by atoms with Crippen LogP contribution in [0.2, 0.25) is 0 Å². The van der Waals surface area contributed by atoms with Crippen molar-refractivity contribution in [3.8, 4) is 17.2 Å². The predicted octanol–water partition coefficient (Wildman–Crippen LogP) is 14.6. The summed E-state index contributed by atoms with van der Waals surface area (Å²) in [4.78, 5) is 24.8. The normalized spacial score (nSPS) is 12.3. The molecule has 0 heterocycles. The highest BCUT2D eigenvalue weighted by Gasteiger charge is 2.08. The van der Waals surface area contributed by atoms with E-state index < -0.39 is 0 Å². The van der Waals surface area contributed by atoms with Crippen LogP contribution in [-0.4, -0.2) is 17.0 Å². The summed E-state index contributed by atoms with van der Waals surface area (Å²) < 4.78 is 11.1. The van der Waals surface area contributed by atoms with Crippen LogP contribution in [0.15, 0.2) is 115 Å². The largest absolute Gasteiger partial charge is 0.508 e. The summed E-state index contributed by atoms with van der Waals surface area (Å²) in [6.07, 6.45) is 50.1. The number of rotatable bonds is 30. The number of carbonyl (C=O) groups is 2. The van der Waals surface area contributed by atoms with Crippen molar-refractivity contribution < 1.29 is 24.2 Å². The summed E-state index contributed by atoms with van der Waals surface area (Å²) in [6.45, 7) is 4.30. The fourth-order valence-electron chi connectivity index (χ4n) is 5.74. The quantitative estimate of drug-likeness (QED) is 0.0283. The van der Waals surface area contributed by atoms with Crippen LogP contribution in [0.1, 0.15) is 153 Å². The van der Waals surface area contributed by atoms with Gasteiger partial charge in [0.2, 0.25) is 0 Å². The lowest BCUT2D eigenvalue weighted by atomic mass is 10.1. The zero-order chi connectivity index (χ0) is 39.4. The van der Waals surface area contributed by atoms with Crippen LogP contribution >= 0.6 is 0 Å². The number of ether oxygens (including phenoxy) is 2. The number of allylic oxidation sites excluding steroid dienone is 12. The minimum Gasteiger partial charge on any atom is -0.508 e. The Hall–Kier alpha value is -4.64. The van der Waals surface area contributed by atoms with Crippen LogP contribution in [0.5, 0.6) is 17.2 Å². The van der Waals surface area contributed by atoms with E-state index in [1.54, 1.807) is 24.3 Å². The van der Waals surface area contributed by atoms with E-state index in [2.05, 4.69) is 86.8 Å². The lowest BCUT2D eigenvalue weighted by molar-refractivity contribution is -0.135. The molecule has 0 atom stereocenters. The second-order valence-electron chi connectivity index (χ2n) is 13.8. The molecule has 2 aromatic rings. The summed E-state index contributed by atoms with van der Waals surface area (Å²) >= 11 is 0. The molecular formula is C50H68O5. The van der Waals surface area contributed by atoms with Crippen molar-refractivity contribution in [1.82, 2.24) is 0 Å². The van der Waals surface area contributed by atoms with E-state index in [9.17, 15) is 14.7 Å². The second kappa shape index (κ2) is 32.8. The number of phenolic OH excluding ortho intramolecular Hbond substituents is 1. The van der Waals surface area contributed by atoms with Gasteiger partial charge in [-0.3, -0.25) is 9.59 Å². The number of carbonyl (C=O) groups excluding carboxylic acids is 2. The third-order valence-electron chi connectivity index (χ3n) is 8.79. The molecule has 2 aromatic carbocycles. The van der Waals surface area contributed by atoms with Gasteiger partial charge in [0.05, 0.1) is 0 Å². The van der Waals surface area contributed by atoms with Crippen molar-refractivity contribution in [3.05, 3.63) is 127 Å². The van der Waals surface area contributed by atoms with Crippen LogP contribution in [0, 0.1) is 0 Å². The van der Waals surface area contributed by atoms with Gasteiger partial charge in [-0.2, -0.15) is 0 Å². The number of hydrogen-bond donors (Lipinski definition) is 1. The van der Waals surface area contributed by atoms with Gasteiger partial charge >= 0.3 is 11.9 Å². The van der Waals surface area contributed by atoms with Crippen LogP contribution < -0.4 is 9.47 Å². The van der Waals surface area contributed by atoms with Gasteiger partial charge in [0.25, 0.3) is 0 Å². The van der Waals surface area contributed by atoms with Crippen molar-refractivity contribution >= 4 is 24.1 Å². The van der Waals surface area contributed by atoms with E-state index in [0.29, 0.717) is 29.9 Å². The Balaban J connectivity index is 1.58. The summed E-state index contributed by atoms with van der Waals surface area (Å²) in [5.74, 6) is 0.383. The molecule has 0 radical (unpaired) electrons. The summed E-state index contributed by atoms with van der Waals surface area (Å²) in [5.41, 5.74) is 1.62. The second-order valence-corrected chi connectivity index (χ2v) is 13.8. The maximum atomic E-state index is 12.5. The van der Waals surface area contributed by atoms with E-state index in [4.69, 9.17) is 9.47 Å². The fourth-order valence-corrected chi connectivity index (χ4v) is 5.74. The minimum absolute atomic E-state index is 0.0313. The molecule has 0 aliphatic heterocycles. The molecule has 0 spiro atoms. The topological polar surface area (TPSA) is 72.8 Å². The Labute approximate surface area is 333 Å². The average Bonchev–Trinajstić information content (AvgIpc) is 3.17. The summed E-state index contributed by atoms with van der Waals surface area (Å²) in [6, 6.07) is 12.1. The Morgan fingerprint density at radius 1 is 0.473 bits per heavy atom. The van der Waals surface area contributed by atoms with Crippen molar-refractivity contribution in [3.63, 3.8) is 0 Å². The van der Waals surface area contributed by atoms with Crippen LogP contribution in [0.25, 0.3) is 12.2 Å². The van der Waals surface area contributed by atoms with Crippen LogP contribution in [-0.2, 0) is 9.59 Å². The number of benzene rings is 2. The smallest absolute Gasteiger partial charge is 0.311 e. The minimum atomic E-state index is -0.291. The first kappa shape index (κ1) is 46.5. The molecule has 1 N–H and O–H groups in total. The Morgan fingerprint density at radius 2 is 0.891 bits per heavy atom. The molecule has 0 unspecified atom stereocenters. The van der Waals surface area contributed by atoms with Gasteiger partial charge < -0.3 is 14.6 Å². The molecule has 0 aliphatic rings. The van der Waals surface area contributed by atoms with Gasteiger partial charge in [0, 0.05) is 18.9 Å². The molecule has 0 aromatic heterocycles. The third-order valence-corrected chi connectivity index (χ3v) is 8.79. The number of aromatic hydroxyl groups is 1. The van der Waals surface area contributed by atoms with Crippen LogP contribution in [0.4, 0.5) is 0 Å². The molecule has 0 fully saturated rings. The summed E-state index contributed by atoms with van der Waals surface area (Å²) in [7, 11) is 0. The van der Waals surface area contributed by atoms with E-state index in [1.807, 2.05) is 24.3 Å². The lowest BCUT2D eigenvalue weighted by Gasteiger charge is -2.07. The molecule has 5 nitrogen and oxygen atoms in total. The molecule has 5 heteroatoms. The van der Waals surface area contributed by atoms with Gasteiger partial charge in [0.15, 0.2) is 0 Å². The summed E-state index contributed by atoms with van der Waals surface area (Å²) in [5, 5.41) is 10.2. The monoisotopic (exact) mass is 749 g/mol. The van der Waals surface area contributed by atoms with Crippen molar-refractivity contribution in [2.45, 2.75) is 142 Å². The maximum absolute atomic E-state index is 12.5. The van der Waals surface area contributed by atoms with E-state index in [-0.39, 0.29) is 17.7 Å². The Morgan fingerprint density at radius 3 is 1.40 bits per heavy atom. The molecule has 2 rings (SSSR count). The first-order valence-corrected chi connectivity index (χ1v) is 20.9. The van der Waals surface area contributed by atoms with Crippen molar-refractivity contribution in [2.75, 3.05) is 0 Å². The lowest BCUT2D eigenvalue weighted by Crippen LogP contribution is -2.07.